The number of ether oxygens (including phenoxy) is 1. The summed E-state index contributed by atoms with van der Waals surface area (Å²) < 4.78 is 10.3. The molecule has 4 nitrogen and oxygen atoms in total. The van der Waals surface area contributed by atoms with Crippen molar-refractivity contribution in [2.75, 3.05) is 7.11 Å². The molecule has 0 bridgehead atoms. The number of hydrogen-bond donors (Lipinski definition) is 1. The molecule has 0 saturated carbocycles. The summed E-state index contributed by atoms with van der Waals surface area (Å²) >= 11 is 0. The molecule has 21 heavy (non-hydrogen) atoms. The first-order valence-electron chi connectivity index (χ1n) is 6.53. The summed E-state index contributed by atoms with van der Waals surface area (Å²) in [7, 11) is 1.62. The van der Waals surface area contributed by atoms with E-state index in [1.165, 1.54) is 0 Å². The maximum atomic E-state index is 11.0. The van der Waals surface area contributed by atoms with E-state index >= 15 is 0 Å². The molecule has 0 saturated heterocycles. The number of benzene rings is 1. The Morgan fingerprint density at radius 2 is 1.90 bits per heavy atom. The third-order valence-corrected chi connectivity index (χ3v) is 3.49. The highest BCUT2D eigenvalue weighted by atomic mass is 16.5. The summed E-state index contributed by atoms with van der Waals surface area (Å²) in [6.07, 6.45) is 3.17. The molecule has 0 atom stereocenters. The number of hydrogen-bond acceptors (Lipinski definition) is 3. The molecular weight excluding hydrogens is 268 g/mol. The highest BCUT2D eigenvalue weighted by Crippen LogP contribution is 2.39. The maximum absolute atomic E-state index is 11.0. The SMILES string of the molecule is COc1ccc(-c2cc(CC(=O)O)c3coccc2-3)cc1. The molecule has 1 aromatic rings. The second-order valence-electron chi connectivity index (χ2n) is 4.77. The summed E-state index contributed by atoms with van der Waals surface area (Å²) in [4.78, 5) is 11.0. The Morgan fingerprint density at radius 1 is 1.14 bits per heavy atom. The average molecular weight is 282 g/mol. The van der Waals surface area contributed by atoms with Crippen molar-refractivity contribution in [3.63, 3.8) is 0 Å². The Balaban J connectivity index is 2.11. The van der Waals surface area contributed by atoms with Gasteiger partial charge in [0, 0.05) is 5.56 Å². The number of fused-ring (bicyclic) bond motifs is 1. The minimum absolute atomic E-state index is 0.0216. The summed E-state index contributed by atoms with van der Waals surface area (Å²) in [5.74, 6) is -0.0672. The van der Waals surface area contributed by atoms with Crippen molar-refractivity contribution in [2.45, 2.75) is 6.42 Å². The van der Waals surface area contributed by atoms with Crippen LogP contribution < -0.4 is 4.74 Å². The minimum Gasteiger partial charge on any atom is -0.497 e. The normalized spacial score (nSPS) is 10.7. The van der Waals surface area contributed by atoms with Gasteiger partial charge in [0.15, 0.2) is 0 Å². The fraction of sp³-hybridized carbons (Fsp3) is 0.118. The molecule has 1 heterocycles. The van der Waals surface area contributed by atoms with Crippen molar-refractivity contribution < 1.29 is 19.1 Å². The fourth-order valence-corrected chi connectivity index (χ4v) is 2.50. The van der Waals surface area contributed by atoms with E-state index in [-0.39, 0.29) is 6.42 Å². The standard InChI is InChI=1S/C17H14O4/c1-20-13-4-2-11(3-5-13)15-8-12(9-17(18)19)16-10-21-7-6-14(15)16/h2-8,10H,9H2,1H3,(H,18,19). The topological polar surface area (TPSA) is 59.7 Å². The van der Waals surface area contributed by atoms with Gasteiger partial charge < -0.3 is 14.3 Å². The van der Waals surface area contributed by atoms with E-state index in [9.17, 15) is 4.79 Å². The van der Waals surface area contributed by atoms with Gasteiger partial charge in [-0.3, -0.25) is 4.79 Å². The van der Waals surface area contributed by atoms with Crippen molar-refractivity contribution >= 4 is 5.97 Å². The van der Waals surface area contributed by atoms with Gasteiger partial charge in [-0.2, -0.15) is 0 Å². The lowest BCUT2D eigenvalue weighted by Gasteiger charge is -2.05. The Morgan fingerprint density at radius 3 is 2.57 bits per heavy atom. The molecule has 106 valence electrons. The Bertz CT molecular complexity index is 740. The zero-order valence-electron chi connectivity index (χ0n) is 11.5. The number of carbonyl (C=O) groups is 1. The number of methoxy groups -OCH3 is 1. The molecule has 2 aliphatic rings. The van der Waals surface area contributed by atoms with Crippen LogP contribution in [0.25, 0.3) is 22.3 Å². The molecule has 1 aromatic carbocycles. The lowest BCUT2D eigenvalue weighted by molar-refractivity contribution is -0.136. The van der Waals surface area contributed by atoms with Crippen LogP contribution in [0.15, 0.2) is 53.3 Å². The van der Waals surface area contributed by atoms with Crippen molar-refractivity contribution in [1.82, 2.24) is 0 Å². The zero-order valence-corrected chi connectivity index (χ0v) is 11.5. The monoisotopic (exact) mass is 282 g/mol. The highest BCUT2D eigenvalue weighted by molar-refractivity contribution is 5.90. The molecule has 0 fully saturated rings. The van der Waals surface area contributed by atoms with Crippen LogP contribution in [0.3, 0.4) is 0 Å². The zero-order chi connectivity index (χ0) is 14.8. The molecule has 4 heteroatoms. The highest BCUT2D eigenvalue weighted by Gasteiger charge is 2.19. The van der Waals surface area contributed by atoms with E-state index in [0.29, 0.717) is 0 Å². The number of carboxylic acid groups (broad SMARTS) is 1. The molecule has 0 radical (unpaired) electrons. The predicted octanol–water partition coefficient (Wildman–Crippen LogP) is 3.69. The Labute approximate surface area is 121 Å². The molecule has 0 amide bonds. The molecule has 1 aliphatic carbocycles. The molecule has 1 N–H and O–H groups in total. The van der Waals surface area contributed by atoms with E-state index in [2.05, 4.69) is 0 Å². The summed E-state index contributed by atoms with van der Waals surface area (Å²) in [5.41, 5.74) is 4.60. The van der Waals surface area contributed by atoms with Crippen molar-refractivity contribution in [1.29, 1.82) is 0 Å². The lowest BCUT2D eigenvalue weighted by Crippen LogP contribution is -1.99. The number of carboxylic acids is 1. The maximum Gasteiger partial charge on any atom is 0.307 e. The smallest absolute Gasteiger partial charge is 0.307 e. The van der Waals surface area contributed by atoms with E-state index in [0.717, 1.165) is 33.6 Å². The minimum atomic E-state index is -0.855. The van der Waals surface area contributed by atoms with Crippen LogP contribution in [0.4, 0.5) is 0 Å². The van der Waals surface area contributed by atoms with Gasteiger partial charge in [-0.1, -0.05) is 12.1 Å². The van der Waals surface area contributed by atoms with Gasteiger partial charge in [0.05, 0.1) is 26.1 Å². The average Bonchev–Trinajstić information content (AvgIpc) is 2.86. The van der Waals surface area contributed by atoms with Crippen LogP contribution in [0.1, 0.15) is 5.56 Å². The van der Waals surface area contributed by atoms with Gasteiger partial charge in [-0.25, -0.2) is 0 Å². The first kappa shape index (κ1) is 13.2. The van der Waals surface area contributed by atoms with Crippen LogP contribution in [0, 0.1) is 0 Å². The van der Waals surface area contributed by atoms with Crippen LogP contribution in [0.2, 0.25) is 0 Å². The van der Waals surface area contributed by atoms with Gasteiger partial charge in [-0.05, 0) is 46.5 Å². The molecule has 0 spiro atoms. The van der Waals surface area contributed by atoms with E-state index in [4.69, 9.17) is 14.3 Å². The molecule has 1 aliphatic heterocycles. The van der Waals surface area contributed by atoms with Gasteiger partial charge in [0.25, 0.3) is 0 Å². The predicted molar refractivity (Wildman–Crippen MR) is 78.7 cm³/mol. The number of rotatable bonds is 4. The van der Waals surface area contributed by atoms with E-state index in [1.54, 1.807) is 19.6 Å². The van der Waals surface area contributed by atoms with Gasteiger partial charge in [-0.15, -0.1) is 0 Å². The Hall–Kier alpha value is -2.75. The van der Waals surface area contributed by atoms with Crippen molar-refractivity contribution in [3.8, 4) is 28.0 Å². The molecule has 0 unspecified atom stereocenters. The van der Waals surface area contributed by atoms with Crippen LogP contribution in [-0.4, -0.2) is 18.2 Å². The van der Waals surface area contributed by atoms with Crippen LogP contribution in [-0.2, 0) is 11.2 Å². The largest absolute Gasteiger partial charge is 0.497 e. The first-order chi connectivity index (χ1) is 10.2. The van der Waals surface area contributed by atoms with E-state index < -0.39 is 5.97 Å². The first-order valence-corrected chi connectivity index (χ1v) is 6.53. The fourth-order valence-electron chi connectivity index (χ4n) is 2.50. The molecule has 3 rings (SSSR count). The third-order valence-electron chi connectivity index (χ3n) is 3.49. The quantitative estimate of drug-likeness (QED) is 0.792. The number of aliphatic carboxylic acids is 1. The van der Waals surface area contributed by atoms with Gasteiger partial charge in [0.1, 0.15) is 5.75 Å². The summed E-state index contributed by atoms with van der Waals surface area (Å²) in [5, 5.41) is 9.03. The van der Waals surface area contributed by atoms with Crippen LogP contribution in [0.5, 0.6) is 5.75 Å². The second-order valence-corrected chi connectivity index (χ2v) is 4.77. The summed E-state index contributed by atoms with van der Waals surface area (Å²) in [6, 6.07) is 11.5. The van der Waals surface area contributed by atoms with Gasteiger partial charge in [0.2, 0.25) is 0 Å². The molecular formula is C17H14O4. The third kappa shape index (κ3) is 2.48. The Kier molecular flexibility index (Phi) is 3.36. The molecule has 0 aromatic heterocycles. The summed E-state index contributed by atoms with van der Waals surface area (Å²) in [6.45, 7) is 0. The second kappa shape index (κ2) is 5.32. The van der Waals surface area contributed by atoms with Crippen molar-refractivity contribution in [2.24, 2.45) is 0 Å². The lowest BCUT2D eigenvalue weighted by atomic mass is 10.0. The van der Waals surface area contributed by atoms with Gasteiger partial charge >= 0.3 is 5.97 Å². The van der Waals surface area contributed by atoms with Crippen molar-refractivity contribution in [3.05, 3.63) is 54.5 Å². The van der Waals surface area contributed by atoms with Crippen LogP contribution >= 0.6 is 0 Å². The van der Waals surface area contributed by atoms with E-state index in [1.807, 2.05) is 36.4 Å².